The molecule has 0 amide bonds. The second kappa shape index (κ2) is 8.82. The van der Waals surface area contributed by atoms with Gasteiger partial charge >= 0.3 is 0 Å². The van der Waals surface area contributed by atoms with Crippen molar-refractivity contribution in [1.29, 1.82) is 0 Å². The standard InChI is InChI=1S/C16H30N2O5/c1-2-3-4-5-6-7-8-9-17-16-18-10-11(19)12(20)13(21)14(22)15(10)23-16/h10-15,19-22H,2-9H2,1H3,(H,17,18)/t10-,11-,12+,13-,14+,15-/m0/s1. The number of aliphatic hydroxyl groups excluding tert-OH is 4. The van der Waals surface area contributed by atoms with E-state index < -0.39 is 36.6 Å². The van der Waals surface area contributed by atoms with Gasteiger partial charge in [0.25, 0.3) is 6.02 Å². The number of nitrogens with one attached hydrogen (secondary N) is 1. The molecule has 6 atom stereocenters. The molecule has 1 saturated carbocycles. The van der Waals surface area contributed by atoms with Crippen LogP contribution in [0.15, 0.2) is 4.99 Å². The van der Waals surface area contributed by atoms with Gasteiger partial charge in [-0.2, -0.15) is 0 Å². The smallest absolute Gasteiger partial charge is 0.285 e. The van der Waals surface area contributed by atoms with E-state index in [1.54, 1.807) is 0 Å². The van der Waals surface area contributed by atoms with Crippen LogP contribution in [0.4, 0.5) is 0 Å². The van der Waals surface area contributed by atoms with Crippen LogP contribution >= 0.6 is 0 Å². The number of hydrogen-bond acceptors (Lipinski definition) is 7. The SMILES string of the molecule is CCCCCCCCCNC1=N[C@H]2[C@H](O)[C@@H](O)[C@H](O)[C@@H](O)[C@H]2O1. The quantitative estimate of drug-likeness (QED) is 0.397. The molecule has 7 heteroatoms. The number of aliphatic imine (C=N–C) groups is 1. The Kier molecular flexibility index (Phi) is 7.08. The molecule has 134 valence electrons. The first-order chi connectivity index (χ1) is 11.1. The normalized spacial score (nSPS) is 36.3. The maximum atomic E-state index is 9.93. The minimum atomic E-state index is -1.43. The van der Waals surface area contributed by atoms with E-state index in [0.29, 0.717) is 6.54 Å². The van der Waals surface area contributed by atoms with Crippen molar-refractivity contribution < 1.29 is 25.2 Å². The number of fused-ring (bicyclic) bond motifs is 1. The van der Waals surface area contributed by atoms with Crippen LogP contribution in [0.2, 0.25) is 0 Å². The number of amidine groups is 1. The predicted octanol–water partition coefficient (Wildman–Crippen LogP) is -0.0928. The average molecular weight is 330 g/mol. The summed E-state index contributed by atoms with van der Waals surface area (Å²) in [5.41, 5.74) is 0. The van der Waals surface area contributed by atoms with Crippen LogP contribution in [0.25, 0.3) is 0 Å². The van der Waals surface area contributed by atoms with E-state index in [1.165, 1.54) is 32.1 Å². The Morgan fingerprint density at radius 2 is 1.48 bits per heavy atom. The summed E-state index contributed by atoms with van der Waals surface area (Å²) in [5.74, 6) is 0. The van der Waals surface area contributed by atoms with Gasteiger partial charge in [0.2, 0.25) is 0 Å². The van der Waals surface area contributed by atoms with Crippen LogP contribution in [0.5, 0.6) is 0 Å². The summed E-state index contributed by atoms with van der Waals surface area (Å²) < 4.78 is 5.48. The topological polar surface area (TPSA) is 115 Å². The predicted molar refractivity (Wildman–Crippen MR) is 86.1 cm³/mol. The Bertz CT molecular complexity index is 393. The molecule has 7 nitrogen and oxygen atoms in total. The fourth-order valence-electron chi connectivity index (χ4n) is 3.15. The minimum absolute atomic E-state index is 0.269. The maximum absolute atomic E-state index is 9.93. The number of ether oxygens (including phenoxy) is 1. The van der Waals surface area contributed by atoms with Gasteiger partial charge in [0.05, 0.1) is 0 Å². The van der Waals surface area contributed by atoms with E-state index in [9.17, 15) is 20.4 Å². The maximum Gasteiger partial charge on any atom is 0.285 e. The first-order valence-electron chi connectivity index (χ1n) is 8.77. The molecule has 0 saturated heterocycles. The lowest BCUT2D eigenvalue weighted by Crippen LogP contribution is -2.62. The summed E-state index contributed by atoms with van der Waals surface area (Å²) in [7, 11) is 0. The third-order valence-electron chi connectivity index (χ3n) is 4.64. The van der Waals surface area contributed by atoms with E-state index in [-0.39, 0.29) is 6.02 Å². The molecule has 1 heterocycles. The highest BCUT2D eigenvalue weighted by Crippen LogP contribution is 2.29. The molecule has 2 aliphatic rings. The van der Waals surface area contributed by atoms with Crippen LogP contribution in [0, 0.1) is 0 Å². The Balaban J connectivity index is 1.68. The summed E-state index contributed by atoms with van der Waals surface area (Å²) in [6.45, 7) is 2.92. The van der Waals surface area contributed by atoms with Crippen molar-refractivity contribution >= 4 is 6.02 Å². The molecule has 5 N–H and O–H groups in total. The van der Waals surface area contributed by atoms with Crippen molar-refractivity contribution in [2.75, 3.05) is 6.54 Å². The third kappa shape index (κ3) is 4.56. The fraction of sp³-hybridized carbons (Fsp3) is 0.938. The van der Waals surface area contributed by atoms with Crippen molar-refractivity contribution in [2.45, 2.75) is 88.4 Å². The highest BCUT2D eigenvalue weighted by Gasteiger charge is 2.53. The van der Waals surface area contributed by atoms with Gasteiger partial charge in [-0.05, 0) is 6.42 Å². The number of unbranched alkanes of at least 4 members (excludes halogenated alkanes) is 6. The van der Waals surface area contributed by atoms with E-state index in [4.69, 9.17) is 4.74 Å². The second-order valence-corrected chi connectivity index (χ2v) is 6.52. The van der Waals surface area contributed by atoms with Crippen LogP contribution in [-0.2, 0) is 4.74 Å². The molecule has 1 aliphatic carbocycles. The summed E-state index contributed by atoms with van der Waals surface area (Å²) in [6, 6.07) is -0.481. The van der Waals surface area contributed by atoms with Gasteiger partial charge in [-0.25, -0.2) is 4.99 Å². The van der Waals surface area contributed by atoms with Gasteiger partial charge in [0.1, 0.15) is 30.5 Å². The molecule has 0 spiro atoms. The van der Waals surface area contributed by atoms with E-state index in [1.807, 2.05) is 0 Å². The lowest BCUT2D eigenvalue weighted by Gasteiger charge is -2.38. The van der Waals surface area contributed by atoms with Crippen molar-refractivity contribution in [3.8, 4) is 0 Å². The Morgan fingerprint density at radius 3 is 2.17 bits per heavy atom. The largest absolute Gasteiger partial charge is 0.457 e. The molecule has 0 radical (unpaired) electrons. The number of aliphatic hydroxyl groups is 4. The number of rotatable bonds is 8. The van der Waals surface area contributed by atoms with Crippen LogP contribution in [-0.4, -0.2) is 69.6 Å². The Hall–Kier alpha value is -0.890. The molecule has 1 aliphatic heterocycles. The molecule has 0 bridgehead atoms. The molecular weight excluding hydrogens is 300 g/mol. The first kappa shape index (κ1) is 18.4. The number of hydrogen-bond donors (Lipinski definition) is 5. The average Bonchev–Trinajstić information content (AvgIpc) is 2.98. The van der Waals surface area contributed by atoms with Crippen LogP contribution < -0.4 is 5.32 Å². The zero-order valence-electron chi connectivity index (χ0n) is 13.8. The van der Waals surface area contributed by atoms with Gasteiger partial charge in [0.15, 0.2) is 6.10 Å². The lowest BCUT2D eigenvalue weighted by molar-refractivity contribution is -0.174. The zero-order valence-corrected chi connectivity index (χ0v) is 13.8. The number of nitrogens with zero attached hydrogens (tertiary/aromatic N) is 1. The first-order valence-corrected chi connectivity index (χ1v) is 8.77. The minimum Gasteiger partial charge on any atom is -0.457 e. The van der Waals surface area contributed by atoms with Gasteiger partial charge in [-0.3, -0.25) is 0 Å². The molecular formula is C16H30N2O5. The molecule has 0 unspecified atom stereocenters. The molecule has 2 rings (SSSR count). The van der Waals surface area contributed by atoms with E-state index in [2.05, 4.69) is 17.2 Å². The fourth-order valence-corrected chi connectivity index (χ4v) is 3.15. The van der Waals surface area contributed by atoms with Crippen molar-refractivity contribution in [3.63, 3.8) is 0 Å². The highest BCUT2D eigenvalue weighted by atomic mass is 16.5. The van der Waals surface area contributed by atoms with Gasteiger partial charge in [-0.1, -0.05) is 45.4 Å². The van der Waals surface area contributed by atoms with Crippen molar-refractivity contribution in [2.24, 2.45) is 4.99 Å². The van der Waals surface area contributed by atoms with E-state index >= 15 is 0 Å². The molecule has 0 aromatic rings. The van der Waals surface area contributed by atoms with Crippen LogP contribution in [0.3, 0.4) is 0 Å². The van der Waals surface area contributed by atoms with Crippen molar-refractivity contribution in [3.05, 3.63) is 0 Å². The highest BCUT2D eigenvalue weighted by molar-refractivity contribution is 5.76. The van der Waals surface area contributed by atoms with E-state index in [0.717, 1.165) is 12.8 Å². The molecule has 1 fully saturated rings. The van der Waals surface area contributed by atoms with Gasteiger partial charge in [-0.15, -0.1) is 0 Å². The van der Waals surface area contributed by atoms with Gasteiger partial charge < -0.3 is 30.5 Å². The Morgan fingerprint density at radius 1 is 0.870 bits per heavy atom. The monoisotopic (exact) mass is 330 g/mol. The summed E-state index contributed by atoms with van der Waals surface area (Å²) in [6.07, 6.45) is 2.31. The summed E-state index contributed by atoms with van der Waals surface area (Å²) >= 11 is 0. The lowest BCUT2D eigenvalue weighted by atomic mass is 9.84. The summed E-state index contributed by atoms with van der Waals surface area (Å²) in [4.78, 5) is 4.19. The molecule has 0 aromatic heterocycles. The summed E-state index contributed by atoms with van der Waals surface area (Å²) in [5, 5.41) is 42.3. The Labute approximate surface area is 137 Å². The molecule has 0 aromatic carbocycles. The zero-order chi connectivity index (χ0) is 16.8. The molecule has 23 heavy (non-hydrogen) atoms. The van der Waals surface area contributed by atoms with Crippen molar-refractivity contribution in [1.82, 2.24) is 5.32 Å². The van der Waals surface area contributed by atoms with Gasteiger partial charge in [0, 0.05) is 6.54 Å². The third-order valence-corrected chi connectivity index (χ3v) is 4.64. The second-order valence-electron chi connectivity index (χ2n) is 6.52. The van der Waals surface area contributed by atoms with Crippen LogP contribution in [0.1, 0.15) is 51.9 Å².